The fraction of sp³-hybridized carbons (Fsp3) is 0.600. The van der Waals surface area contributed by atoms with Crippen LogP contribution in [0, 0.1) is 11.7 Å². The van der Waals surface area contributed by atoms with Gasteiger partial charge in [0.25, 0.3) is 5.56 Å². The highest BCUT2D eigenvalue weighted by atomic mass is 32.1. The van der Waals surface area contributed by atoms with Crippen LogP contribution < -0.4 is 5.56 Å². The van der Waals surface area contributed by atoms with E-state index in [-0.39, 0.29) is 10.3 Å². The summed E-state index contributed by atoms with van der Waals surface area (Å²) in [6, 6.07) is 0. The summed E-state index contributed by atoms with van der Waals surface area (Å²) in [5.74, 6) is 0. The molecule has 0 spiro atoms. The summed E-state index contributed by atoms with van der Waals surface area (Å²) >= 11 is 4.97. The van der Waals surface area contributed by atoms with Gasteiger partial charge in [0.2, 0.25) is 0 Å². The van der Waals surface area contributed by atoms with Gasteiger partial charge in [0.15, 0.2) is 11.0 Å². The van der Waals surface area contributed by atoms with E-state index >= 15 is 0 Å². The van der Waals surface area contributed by atoms with Crippen LogP contribution in [-0.2, 0) is 4.74 Å². The largest absolute Gasteiger partial charge is 0.394 e. The van der Waals surface area contributed by atoms with E-state index in [1.165, 1.54) is 10.8 Å². The number of aromatic amines is 1. The molecule has 1 aromatic rings. The number of hydrogen-bond acceptors (Lipinski definition) is 6. The van der Waals surface area contributed by atoms with Crippen molar-refractivity contribution in [1.29, 1.82) is 0 Å². The number of aromatic nitrogens is 2. The number of hydrogen-bond donors (Lipinski definition) is 4. The maximum absolute atomic E-state index is 11.3. The molecule has 0 aromatic carbocycles. The summed E-state index contributed by atoms with van der Waals surface area (Å²) < 4.78 is 6.76. The quantitative estimate of drug-likeness (QED) is 0.506. The lowest BCUT2D eigenvalue weighted by Crippen LogP contribution is -2.33. The van der Waals surface area contributed by atoms with Gasteiger partial charge in [0.05, 0.1) is 6.61 Å². The highest BCUT2D eigenvalue weighted by molar-refractivity contribution is 7.71. The lowest BCUT2D eigenvalue weighted by atomic mass is 10.1. The van der Waals surface area contributed by atoms with E-state index in [2.05, 4.69) is 4.98 Å². The molecule has 100 valence electrons. The Hall–Kier alpha value is -1.06. The molecule has 7 nitrogen and oxygen atoms in total. The molecular weight excluding hydrogens is 260 g/mol. The topological polar surface area (TPSA) is 108 Å². The Kier molecular flexibility index (Phi) is 3.64. The fourth-order valence-electron chi connectivity index (χ4n) is 1.88. The molecular formula is C10H14N2O5S. The van der Waals surface area contributed by atoms with Gasteiger partial charge >= 0.3 is 0 Å². The maximum atomic E-state index is 11.3. The Morgan fingerprint density at radius 1 is 1.50 bits per heavy atom. The Morgan fingerprint density at radius 3 is 2.72 bits per heavy atom. The molecule has 4 N–H and O–H groups in total. The highest BCUT2D eigenvalue weighted by Crippen LogP contribution is 2.29. The van der Waals surface area contributed by atoms with Gasteiger partial charge in [0, 0.05) is 11.8 Å². The first kappa shape index (κ1) is 13.4. The minimum absolute atomic E-state index is 0.0837. The van der Waals surface area contributed by atoms with Gasteiger partial charge in [-0.25, -0.2) is 0 Å². The van der Waals surface area contributed by atoms with Crippen LogP contribution in [-0.4, -0.2) is 49.8 Å². The zero-order valence-electron chi connectivity index (χ0n) is 9.61. The first-order valence-electron chi connectivity index (χ1n) is 5.40. The number of rotatable bonds is 2. The number of nitrogens with one attached hydrogen (secondary N) is 1. The summed E-state index contributed by atoms with van der Waals surface area (Å²) in [6.07, 6.45) is -2.78. The number of nitrogens with zero attached hydrogens (tertiary/aromatic N) is 1. The highest BCUT2D eigenvalue weighted by Gasteiger charge is 2.43. The van der Waals surface area contributed by atoms with Crippen molar-refractivity contribution in [1.82, 2.24) is 9.55 Å². The van der Waals surface area contributed by atoms with Crippen LogP contribution in [0.25, 0.3) is 0 Å². The Morgan fingerprint density at radius 2 is 2.17 bits per heavy atom. The number of aryl methyl sites for hydroxylation is 1. The van der Waals surface area contributed by atoms with E-state index in [1.807, 2.05) is 0 Å². The minimum Gasteiger partial charge on any atom is -0.394 e. The molecule has 1 aromatic heterocycles. The van der Waals surface area contributed by atoms with Crippen molar-refractivity contribution < 1.29 is 20.1 Å². The minimum atomic E-state index is -1.22. The van der Waals surface area contributed by atoms with Crippen molar-refractivity contribution in [3.8, 4) is 0 Å². The normalized spacial score (nSPS) is 31.8. The summed E-state index contributed by atoms with van der Waals surface area (Å²) in [6.45, 7) is 1.18. The molecule has 0 radical (unpaired) electrons. The van der Waals surface area contributed by atoms with Crippen molar-refractivity contribution in [2.75, 3.05) is 6.61 Å². The van der Waals surface area contributed by atoms with Crippen molar-refractivity contribution in [2.45, 2.75) is 31.5 Å². The molecule has 0 saturated carbocycles. The summed E-state index contributed by atoms with van der Waals surface area (Å²) in [7, 11) is 0. The molecule has 0 aliphatic carbocycles. The molecule has 18 heavy (non-hydrogen) atoms. The van der Waals surface area contributed by atoms with E-state index in [0.717, 1.165) is 0 Å². The van der Waals surface area contributed by atoms with Gasteiger partial charge in [-0.1, -0.05) is 0 Å². The molecule has 1 aliphatic rings. The summed E-state index contributed by atoms with van der Waals surface area (Å²) in [4.78, 5) is 13.8. The van der Waals surface area contributed by atoms with Crippen LogP contribution in [0.15, 0.2) is 11.0 Å². The number of H-pyrrole nitrogens is 1. The molecule has 2 rings (SSSR count). The average Bonchev–Trinajstić information content (AvgIpc) is 2.61. The van der Waals surface area contributed by atoms with E-state index < -0.39 is 31.1 Å². The number of ether oxygens (including phenoxy) is 1. The predicted molar refractivity (Wildman–Crippen MR) is 63.6 cm³/mol. The molecule has 1 saturated heterocycles. The van der Waals surface area contributed by atoms with Gasteiger partial charge in [-0.15, -0.1) is 0 Å². The van der Waals surface area contributed by atoms with E-state index in [0.29, 0.717) is 5.56 Å². The van der Waals surface area contributed by atoms with Gasteiger partial charge < -0.3 is 20.1 Å². The van der Waals surface area contributed by atoms with Gasteiger partial charge in [0.1, 0.15) is 18.3 Å². The second-order valence-corrected chi connectivity index (χ2v) is 4.59. The van der Waals surface area contributed by atoms with E-state index in [4.69, 9.17) is 22.1 Å². The SMILES string of the molecule is Cc1cn([C@@H]2O[C@H](CO)[C@H](O)C2O)c(=S)[nH]c1=O. The van der Waals surface area contributed by atoms with Crippen LogP contribution >= 0.6 is 12.2 Å². The third kappa shape index (κ3) is 2.13. The molecule has 1 aliphatic heterocycles. The number of aliphatic hydroxyl groups excluding tert-OH is 3. The molecule has 4 atom stereocenters. The maximum Gasteiger partial charge on any atom is 0.254 e. The van der Waals surface area contributed by atoms with E-state index in [9.17, 15) is 15.0 Å². The average molecular weight is 274 g/mol. The molecule has 8 heteroatoms. The van der Waals surface area contributed by atoms with Crippen molar-refractivity contribution >= 4 is 12.2 Å². The Bertz CT molecular complexity index is 554. The zero-order valence-corrected chi connectivity index (χ0v) is 10.4. The van der Waals surface area contributed by atoms with Gasteiger partial charge in [-0.05, 0) is 19.1 Å². The van der Waals surface area contributed by atoms with Crippen LogP contribution in [0.1, 0.15) is 11.8 Å². The monoisotopic (exact) mass is 274 g/mol. The van der Waals surface area contributed by atoms with E-state index in [1.54, 1.807) is 6.92 Å². The predicted octanol–water partition coefficient (Wildman–Crippen LogP) is -1.17. The molecule has 2 heterocycles. The lowest BCUT2D eigenvalue weighted by molar-refractivity contribution is -0.0542. The Labute approximate surface area is 107 Å². The van der Waals surface area contributed by atoms with Crippen LogP contribution in [0.3, 0.4) is 0 Å². The summed E-state index contributed by atoms with van der Waals surface area (Å²) in [5, 5.41) is 28.5. The van der Waals surface area contributed by atoms with Crippen molar-refractivity contribution in [2.24, 2.45) is 0 Å². The first-order chi connectivity index (χ1) is 8.45. The zero-order chi connectivity index (χ0) is 13.4. The van der Waals surface area contributed by atoms with Crippen LogP contribution in [0.2, 0.25) is 0 Å². The lowest BCUT2D eigenvalue weighted by Gasteiger charge is -2.18. The van der Waals surface area contributed by atoms with Crippen molar-refractivity contribution in [3.05, 3.63) is 26.9 Å². The van der Waals surface area contributed by atoms with Gasteiger partial charge in [-0.3, -0.25) is 14.3 Å². The standard InChI is InChI=1S/C10H14N2O5S/c1-4-2-12(10(18)11-8(4)16)9-7(15)6(14)5(3-13)17-9/h2,5-7,9,13-15H,3H2,1H3,(H,11,16,18)/t5-,6+,7?,9-/m1/s1. The molecule has 1 unspecified atom stereocenters. The third-order valence-electron chi connectivity index (χ3n) is 2.94. The molecule has 0 amide bonds. The first-order valence-corrected chi connectivity index (χ1v) is 5.81. The number of aliphatic hydroxyl groups is 3. The second kappa shape index (κ2) is 4.90. The molecule has 0 bridgehead atoms. The summed E-state index contributed by atoms with van der Waals surface area (Å²) in [5.41, 5.74) is 0.0873. The van der Waals surface area contributed by atoms with Gasteiger partial charge in [-0.2, -0.15) is 0 Å². The Balaban J connectivity index is 2.42. The smallest absolute Gasteiger partial charge is 0.254 e. The van der Waals surface area contributed by atoms with Crippen LogP contribution in [0.5, 0.6) is 0 Å². The molecule has 1 fully saturated rings. The van der Waals surface area contributed by atoms with Crippen LogP contribution in [0.4, 0.5) is 0 Å². The second-order valence-electron chi connectivity index (χ2n) is 4.21. The van der Waals surface area contributed by atoms with Crippen molar-refractivity contribution in [3.63, 3.8) is 0 Å². The third-order valence-corrected chi connectivity index (χ3v) is 3.25. The fourth-order valence-corrected chi connectivity index (χ4v) is 2.13.